The highest BCUT2D eigenvalue weighted by atomic mass is 32.1. The van der Waals surface area contributed by atoms with Gasteiger partial charge in [-0.15, -0.1) is 11.3 Å². The Balaban J connectivity index is 1.60. The Labute approximate surface area is 152 Å². The molecule has 0 unspecified atom stereocenters. The summed E-state index contributed by atoms with van der Waals surface area (Å²) in [6.45, 7) is 0. The van der Waals surface area contributed by atoms with Gasteiger partial charge in [0.05, 0.1) is 5.69 Å². The van der Waals surface area contributed by atoms with Gasteiger partial charge in [-0.05, 0) is 42.0 Å². The van der Waals surface area contributed by atoms with Crippen LogP contribution in [0.4, 0.5) is 0 Å². The molecule has 2 aromatic heterocycles. The van der Waals surface area contributed by atoms with E-state index in [0.717, 1.165) is 22.5 Å². The van der Waals surface area contributed by atoms with Crippen molar-refractivity contribution in [2.24, 2.45) is 0 Å². The average molecular weight is 365 g/mol. The number of rotatable bonds is 4. The fourth-order valence-corrected chi connectivity index (χ4v) is 3.44. The number of hydrogen-bond donors (Lipinski definition) is 3. The van der Waals surface area contributed by atoms with Crippen LogP contribution < -0.4 is 5.56 Å². The summed E-state index contributed by atoms with van der Waals surface area (Å²) >= 11 is 1.36. The van der Waals surface area contributed by atoms with Gasteiger partial charge in [-0.1, -0.05) is 12.1 Å². The van der Waals surface area contributed by atoms with E-state index >= 15 is 0 Å². The first-order valence-corrected chi connectivity index (χ1v) is 8.80. The van der Waals surface area contributed by atoms with E-state index in [-0.39, 0.29) is 17.1 Å². The molecule has 130 valence electrons. The van der Waals surface area contributed by atoms with Gasteiger partial charge in [0.15, 0.2) is 0 Å². The van der Waals surface area contributed by atoms with E-state index in [9.17, 15) is 15.0 Å². The van der Waals surface area contributed by atoms with Crippen LogP contribution in [-0.2, 0) is 6.42 Å². The Morgan fingerprint density at radius 1 is 1.00 bits per heavy atom. The van der Waals surface area contributed by atoms with E-state index in [4.69, 9.17) is 0 Å². The summed E-state index contributed by atoms with van der Waals surface area (Å²) in [5.41, 5.74) is 3.19. The normalized spacial score (nSPS) is 10.9. The highest BCUT2D eigenvalue weighted by Gasteiger charge is 2.11. The molecule has 0 atom stereocenters. The van der Waals surface area contributed by atoms with Gasteiger partial charge in [0.1, 0.15) is 11.5 Å². The highest BCUT2D eigenvalue weighted by molar-refractivity contribution is 7.12. The van der Waals surface area contributed by atoms with Gasteiger partial charge in [0, 0.05) is 29.1 Å². The van der Waals surface area contributed by atoms with Crippen LogP contribution in [0.15, 0.2) is 64.8 Å². The van der Waals surface area contributed by atoms with Gasteiger partial charge in [-0.3, -0.25) is 9.89 Å². The van der Waals surface area contributed by atoms with Crippen LogP contribution in [-0.4, -0.2) is 25.0 Å². The summed E-state index contributed by atoms with van der Waals surface area (Å²) < 4.78 is 1.42. The van der Waals surface area contributed by atoms with E-state index < -0.39 is 0 Å². The second-order valence-corrected chi connectivity index (χ2v) is 6.70. The predicted octanol–water partition coefficient (Wildman–Crippen LogP) is 3.29. The molecule has 0 amide bonds. The quantitative estimate of drug-likeness (QED) is 0.517. The molecule has 6 nitrogen and oxygen atoms in total. The summed E-state index contributed by atoms with van der Waals surface area (Å²) in [7, 11) is 0. The number of hydrogen-bond acceptors (Lipinski definition) is 5. The summed E-state index contributed by atoms with van der Waals surface area (Å²) in [4.78, 5) is 16.8. The molecule has 0 bridgehead atoms. The molecule has 0 fully saturated rings. The third kappa shape index (κ3) is 3.25. The topological polar surface area (TPSA) is 91.1 Å². The monoisotopic (exact) mass is 365 g/mol. The Bertz CT molecular complexity index is 1090. The molecule has 0 aliphatic heterocycles. The fraction of sp³-hybridized carbons (Fsp3) is 0.0526. The molecule has 0 saturated heterocycles. The van der Waals surface area contributed by atoms with E-state index in [1.807, 2.05) is 17.5 Å². The number of aromatic nitrogens is 3. The first-order valence-electron chi connectivity index (χ1n) is 7.93. The van der Waals surface area contributed by atoms with E-state index in [1.165, 1.54) is 16.0 Å². The molecule has 0 radical (unpaired) electrons. The smallest absolute Gasteiger partial charge is 0.273 e. The maximum Gasteiger partial charge on any atom is 0.273 e. The number of nitrogens with one attached hydrogen (secondary N) is 1. The van der Waals surface area contributed by atoms with Crippen molar-refractivity contribution in [3.63, 3.8) is 0 Å². The second-order valence-electron chi connectivity index (χ2n) is 5.86. The molecular formula is C19H15N3O3S. The number of nitrogens with zero attached hydrogens (tertiary/aromatic N) is 2. The van der Waals surface area contributed by atoms with Crippen molar-refractivity contribution in [3.8, 4) is 27.9 Å². The number of H-pyrrole nitrogens is 1. The molecule has 0 aliphatic carbocycles. The van der Waals surface area contributed by atoms with Gasteiger partial charge < -0.3 is 10.2 Å². The second kappa shape index (κ2) is 6.53. The molecule has 0 aliphatic rings. The SMILES string of the molecule is O=c1cc(Cc2ccc(O)cc2)[nH]n1-c1nc(-c2ccc(O)cc2)cs1. The minimum Gasteiger partial charge on any atom is -0.508 e. The molecule has 4 aromatic rings. The third-order valence-corrected chi connectivity index (χ3v) is 4.78. The molecule has 4 rings (SSSR count). The zero-order valence-corrected chi connectivity index (χ0v) is 14.4. The maximum absolute atomic E-state index is 12.3. The van der Waals surface area contributed by atoms with E-state index in [1.54, 1.807) is 42.5 Å². The lowest BCUT2D eigenvalue weighted by molar-refractivity contribution is 0.474. The highest BCUT2D eigenvalue weighted by Crippen LogP contribution is 2.25. The molecule has 2 aromatic carbocycles. The standard InChI is InChI=1S/C19H15N3O3S/c23-15-5-1-12(2-6-15)9-14-10-18(25)22(21-14)19-20-17(11-26-19)13-3-7-16(24)8-4-13/h1-8,10-11,21,23-24H,9H2. The number of aromatic hydroxyl groups is 2. The minimum absolute atomic E-state index is 0.176. The van der Waals surface area contributed by atoms with Crippen LogP contribution in [0, 0.1) is 0 Å². The van der Waals surface area contributed by atoms with Crippen LogP contribution in [0.1, 0.15) is 11.3 Å². The zero-order valence-electron chi connectivity index (χ0n) is 13.6. The van der Waals surface area contributed by atoms with Gasteiger partial charge in [-0.25, -0.2) is 4.98 Å². The first kappa shape index (κ1) is 16.2. The Hall–Kier alpha value is -3.32. The molecule has 2 heterocycles. The molecular weight excluding hydrogens is 350 g/mol. The minimum atomic E-state index is -0.176. The lowest BCUT2D eigenvalue weighted by Gasteiger charge is -2.00. The van der Waals surface area contributed by atoms with Crippen LogP contribution in [0.3, 0.4) is 0 Å². The largest absolute Gasteiger partial charge is 0.508 e. The molecule has 26 heavy (non-hydrogen) atoms. The van der Waals surface area contributed by atoms with Crippen molar-refractivity contribution in [1.82, 2.24) is 14.8 Å². The van der Waals surface area contributed by atoms with Crippen LogP contribution in [0.5, 0.6) is 11.5 Å². The number of benzene rings is 2. The van der Waals surface area contributed by atoms with Crippen molar-refractivity contribution < 1.29 is 10.2 Å². The van der Waals surface area contributed by atoms with Gasteiger partial charge >= 0.3 is 0 Å². The molecule has 3 N–H and O–H groups in total. The Morgan fingerprint density at radius 2 is 1.65 bits per heavy atom. The average Bonchev–Trinajstić information content (AvgIpc) is 3.24. The van der Waals surface area contributed by atoms with Crippen molar-refractivity contribution in [2.75, 3.05) is 0 Å². The van der Waals surface area contributed by atoms with E-state index in [2.05, 4.69) is 10.1 Å². The number of phenolic OH excluding ortho intramolecular Hbond substituents is 2. The number of thiazole rings is 1. The van der Waals surface area contributed by atoms with Gasteiger partial charge in [0.25, 0.3) is 5.56 Å². The predicted molar refractivity (Wildman–Crippen MR) is 100 cm³/mol. The van der Waals surface area contributed by atoms with Crippen LogP contribution >= 0.6 is 11.3 Å². The lowest BCUT2D eigenvalue weighted by atomic mass is 10.1. The Morgan fingerprint density at radius 3 is 2.35 bits per heavy atom. The third-order valence-electron chi connectivity index (χ3n) is 3.95. The number of phenols is 2. The summed E-state index contributed by atoms with van der Waals surface area (Å²) in [5.74, 6) is 0.410. The van der Waals surface area contributed by atoms with Crippen molar-refractivity contribution in [1.29, 1.82) is 0 Å². The zero-order chi connectivity index (χ0) is 18.1. The summed E-state index contributed by atoms with van der Waals surface area (Å²) in [6, 6.07) is 15.2. The lowest BCUT2D eigenvalue weighted by Crippen LogP contribution is -2.13. The van der Waals surface area contributed by atoms with Gasteiger partial charge in [0.2, 0.25) is 5.13 Å². The van der Waals surface area contributed by atoms with Crippen LogP contribution in [0.2, 0.25) is 0 Å². The first-order chi connectivity index (χ1) is 12.6. The summed E-state index contributed by atoms with van der Waals surface area (Å²) in [6.07, 6.45) is 0.554. The van der Waals surface area contributed by atoms with Crippen molar-refractivity contribution >= 4 is 11.3 Å². The van der Waals surface area contributed by atoms with Crippen molar-refractivity contribution in [2.45, 2.75) is 6.42 Å². The molecule has 7 heteroatoms. The van der Waals surface area contributed by atoms with Crippen LogP contribution in [0.25, 0.3) is 16.4 Å². The van der Waals surface area contributed by atoms with Crippen molar-refractivity contribution in [3.05, 3.63) is 81.6 Å². The maximum atomic E-state index is 12.3. The Kier molecular flexibility index (Phi) is 4.06. The molecule has 0 spiro atoms. The van der Waals surface area contributed by atoms with E-state index in [0.29, 0.717) is 11.6 Å². The molecule has 0 saturated carbocycles. The number of aromatic amines is 1. The fourth-order valence-electron chi connectivity index (χ4n) is 2.64. The summed E-state index contributed by atoms with van der Waals surface area (Å²) in [5, 5.41) is 24.2. The van der Waals surface area contributed by atoms with Gasteiger partial charge in [-0.2, -0.15) is 4.68 Å².